The molecule has 4 nitrogen and oxygen atoms in total. The number of carbonyl (C=O) groups is 1. The zero-order valence-electron chi connectivity index (χ0n) is 11.5. The van der Waals surface area contributed by atoms with Crippen molar-refractivity contribution in [2.24, 2.45) is 0 Å². The third-order valence-corrected chi connectivity index (χ3v) is 3.16. The quantitative estimate of drug-likeness (QED) is 0.876. The summed E-state index contributed by atoms with van der Waals surface area (Å²) in [5.41, 5.74) is 2.61. The zero-order chi connectivity index (χ0) is 14.4. The molecule has 0 saturated carbocycles. The van der Waals surface area contributed by atoms with Crippen molar-refractivity contribution in [3.05, 3.63) is 65.5 Å². The summed E-state index contributed by atoms with van der Waals surface area (Å²) >= 11 is 0. The number of rotatable bonds is 6. The summed E-state index contributed by atoms with van der Waals surface area (Å²) in [4.78, 5) is 17.1. The van der Waals surface area contributed by atoms with Gasteiger partial charge in [0, 0.05) is 25.5 Å². The summed E-state index contributed by atoms with van der Waals surface area (Å²) in [5.74, 6) is -0.883. The van der Waals surface area contributed by atoms with Crippen LogP contribution in [0.4, 0.5) is 0 Å². The van der Waals surface area contributed by atoms with Gasteiger partial charge in [-0.05, 0) is 48.9 Å². The number of nitrogens with zero attached hydrogens (tertiary/aromatic N) is 2. The summed E-state index contributed by atoms with van der Waals surface area (Å²) in [5, 5.41) is 8.98. The van der Waals surface area contributed by atoms with E-state index in [9.17, 15) is 4.79 Å². The number of pyridine rings is 1. The highest BCUT2D eigenvalue weighted by atomic mass is 16.4. The van der Waals surface area contributed by atoms with E-state index in [4.69, 9.17) is 5.11 Å². The molecular weight excluding hydrogens is 252 g/mol. The van der Waals surface area contributed by atoms with Crippen LogP contribution in [0.1, 0.15) is 21.5 Å². The Hall–Kier alpha value is -2.20. The van der Waals surface area contributed by atoms with Crippen LogP contribution in [0.15, 0.2) is 48.8 Å². The van der Waals surface area contributed by atoms with E-state index in [0.717, 1.165) is 25.1 Å². The number of carboxylic acid groups (broad SMARTS) is 1. The molecule has 1 heterocycles. The predicted molar refractivity (Wildman–Crippen MR) is 77.7 cm³/mol. The standard InChI is InChI=1S/C16H18N2O2/c1-18(10-7-13-5-8-17-9-6-13)12-14-3-2-4-15(11-14)16(19)20/h2-6,8-9,11H,7,10,12H2,1H3,(H,19,20). The highest BCUT2D eigenvalue weighted by molar-refractivity contribution is 5.87. The molecule has 0 unspecified atom stereocenters. The van der Waals surface area contributed by atoms with Gasteiger partial charge in [-0.2, -0.15) is 0 Å². The number of hydrogen-bond acceptors (Lipinski definition) is 3. The summed E-state index contributed by atoms with van der Waals surface area (Å²) in [6.45, 7) is 1.66. The van der Waals surface area contributed by atoms with Crippen LogP contribution >= 0.6 is 0 Å². The molecule has 0 amide bonds. The van der Waals surface area contributed by atoms with Crippen LogP contribution < -0.4 is 0 Å². The zero-order valence-corrected chi connectivity index (χ0v) is 11.5. The lowest BCUT2D eigenvalue weighted by atomic mass is 10.1. The van der Waals surface area contributed by atoms with Crippen molar-refractivity contribution in [1.82, 2.24) is 9.88 Å². The predicted octanol–water partition coefficient (Wildman–Crippen LogP) is 2.45. The highest BCUT2D eigenvalue weighted by Gasteiger charge is 2.05. The second-order valence-corrected chi connectivity index (χ2v) is 4.85. The molecule has 0 spiro atoms. The average molecular weight is 270 g/mol. The third-order valence-electron chi connectivity index (χ3n) is 3.16. The number of benzene rings is 1. The fourth-order valence-corrected chi connectivity index (χ4v) is 2.06. The van der Waals surface area contributed by atoms with E-state index in [0.29, 0.717) is 5.56 Å². The van der Waals surface area contributed by atoms with Gasteiger partial charge >= 0.3 is 5.97 Å². The van der Waals surface area contributed by atoms with Gasteiger partial charge in [-0.3, -0.25) is 4.98 Å². The van der Waals surface area contributed by atoms with Crippen LogP contribution in [0.3, 0.4) is 0 Å². The van der Waals surface area contributed by atoms with Crippen molar-refractivity contribution >= 4 is 5.97 Å². The third kappa shape index (κ3) is 4.17. The first-order valence-corrected chi connectivity index (χ1v) is 6.55. The molecule has 2 aromatic rings. The first-order chi connectivity index (χ1) is 9.65. The van der Waals surface area contributed by atoms with Crippen LogP contribution in [0.2, 0.25) is 0 Å². The van der Waals surface area contributed by atoms with Gasteiger partial charge in [0.05, 0.1) is 5.56 Å². The summed E-state index contributed by atoms with van der Waals surface area (Å²) in [7, 11) is 2.04. The SMILES string of the molecule is CN(CCc1ccncc1)Cc1cccc(C(=O)O)c1. The molecule has 1 aromatic carbocycles. The lowest BCUT2D eigenvalue weighted by Gasteiger charge is -2.16. The lowest BCUT2D eigenvalue weighted by molar-refractivity contribution is 0.0696. The number of aromatic nitrogens is 1. The van der Waals surface area contributed by atoms with Crippen LogP contribution in [-0.2, 0) is 13.0 Å². The molecule has 104 valence electrons. The molecule has 4 heteroatoms. The van der Waals surface area contributed by atoms with Gasteiger partial charge < -0.3 is 10.0 Å². The van der Waals surface area contributed by atoms with Crippen molar-refractivity contribution in [2.45, 2.75) is 13.0 Å². The van der Waals surface area contributed by atoms with E-state index in [1.807, 2.05) is 25.2 Å². The van der Waals surface area contributed by atoms with E-state index in [1.54, 1.807) is 30.6 Å². The summed E-state index contributed by atoms with van der Waals surface area (Å²) in [6, 6.07) is 11.1. The molecule has 0 fully saturated rings. The van der Waals surface area contributed by atoms with E-state index in [2.05, 4.69) is 9.88 Å². The molecule has 0 bridgehead atoms. The van der Waals surface area contributed by atoms with E-state index in [1.165, 1.54) is 5.56 Å². The first-order valence-electron chi connectivity index (χ1n) is 6.55. The van der Waals surface area contributed by atoms with Crippen molar-refractivity contribution < 1.29 is 9.90 Å². The topological polar surface area (TPSA) is 53.4 Å². The van der Waals surface area contributed by atoms with Crippen LogP contribution in [0, 0.1) is 0 Å². The molecule has 0 aliphatic heterocycles. The molecule has 0 saturated heterocycles. The summed E-state index contributed by atoms with van der Waals surface area (Å²) in [6.07, 6.45) is 4.55. The number of carboxylic acids is 1. The Morgan fingerprint density at radius 2 is 1.95 bits per heavy atom. The van der Waals surface area contributed by atoms with Crippen molar-refractivity contribution in [3.8, 4) is 0 Å². The number of hydrogen-bond donors (Lipinski definition) is 1. The Labute approximate surface area is 118 Å². The number of aromatic carboxylic acids is 1. The first kappa shape index (κ1) is 14.2. The molecule has 2 rings (SSSR count). The van der Waals surface area contributed by atoms with Gasteiger partial charge in [0.1, 0.15) is 0 Å². The van der Waals surface area contributed by atoms with Gasteiger partial charge in [0.25, 0.3) is 0 Å². The number of likely N-dealkylation sites (N-methyl/N-ethyl adjacent to an activating group) is 1. The fraction of sp³-hybridized carbons (Fsp3) is 0.250. The van der Waals surface area contributed by atoms with Crippen molar-refractivity contribution in [3.63, 3.8) is 0 Å². The van der Waals surface area contributed by atoms with Crippen LogP contribution in [0.25, 0.3) is 0 Å². The van der Waals surface area contributed by atoms with Crippen molar-refractivity contribution in [1.29, 1.82) is 0 Å². The minimum atomic E-state index is -0.883. The Kier molecular flexibility index (Phi) is 4.85. The van der Waals surface area contributed by atoms with Crippen LogP contribution in [-0.4, -0.2) is 34.6 Å². The van der Waals surface area contributed by atoms with Crippen molar-refractivity contribution in [2.75, 3.05) is 13.6 Å². The maximum absolute atomic E-state index is 10.9. The highest BCUT2D eigenvalue weighted by Crippen LogP contribution is 2.08. The lowest BCUT2D eigenvalue weighted by Crippen LogP contribution is -2.20. The average Bonchev–Trinajstić information content (AvgIpc) is 2.46. The Morgan fingerprint density at radius 1 is 1.20 bits per heavy atom. The van der Waals surface area contributed by atoms with Crippen LogP contribution in [0.5, 0.6) is 0 Å². The summed E-state index contributed by atoms with van der Waals surface area (Å²) < 4.78 is 0. The maximum atomic E-state index is 10.9. The molecule has 0 radical (unpaired) electrons. The molecule has 1 N–H and O–H groups in total. The maximum Gasteiger partial charge on any atom is 0.335 e. The van der Waals surface area contributed by atoms with Gasteiger partial charge in [-0.25, -0.2) is 4.79 Å². The Balaban J connectivity index is 1.89. The Morgan fingerprint density at radius 3 is 2.65 bits per heavy atom. The second-order valence-electron chi connectivity index (χ2n) is 4.85. The molecule has 0 aliphatic rings. The minimum Gasteiger partial charge on any atom is -0.478 e. The molecule has 0 aliphatic carbocycles. The van der Waals surface area contributed by atoms with Gasteiger partial charge in [0.2, 0.25) is 0 Å². The smallest absolute Gasteiger partial charge is 0.335 e. The molecule has 1 aromatic heterocycles. The molecular formula is C16H18N2O2. The van der Waals surface area contributed by atoms with E-state index in [-0.39, 0.29) is 0 Å². The molecule has 0 atom stereocenters. The van der Waals surface area contributed by atoms with E-state index >= 15 is 0 Å². The fourth-order valence-electron chi connectivity index (χ4n) is 2.06. The Bertz CT molecular complexity index is 570. The second kappa shape index (κ2) is 6.82. The van der Waals surface area contributed by atoms with E-state index < -0.39 is 5.97 Å². The minimum absolute atomic E-state index is 0.338. The monoisotopic (exact) mass is 270 g/mol. The van der Waals surface area contributed by atoms with Gasteiger partial charge in [0.15, 0.2) is 0 Å². The van der Waals surface area contributed by atoms with Gasteiger partial charge in [-0.1, -0.05) is 12.1 Å². The normalized spacial score (nSPS) is 10.7. The van der Waals surface area contributed by atoms with Gasteiger partial charge in [-0.15, -0.1) is 0 Å². The largest absolute Gasteiger partial charge is 0.478 e. The molecule has 20 heavy (non-hydrogen) atoms.